The largest absolute Gasteiger partial charge is 0.351 e. The highest BCUT2D eigenvalue weighted by atomic mass is 35.5. The smallest absolute Gasteiger partial charge is 0.262 e. The summed E-state index contributed by atoms with van der Waals surface area (Å²) in [4.78, 5) is 12.3. The van der Waals surface area contributed by atoms with Crippen molar-refractivity contribution in [3.05, 3.63) is 58.6 Å². The summed E-state index contributed by atoms with van der Waals surface area (Å²) < 4.78 is 27.9. The average Bonchev–Trinajstić information content (AvgIpc) is 2.58. The lowest BCUT2D eigenvalue weighted by Crippen LogP contribution is -2.31. The van der Waals surface area contributed by atoms with Gasteiger partial charge in [0.25, 0.3) is 15.9 Å². The number of nitrogens with one attached hydrogen (secondary N) is 3. The molecule has 0 heterocycles. The quantitative estimate of drug-likeness (QED) is 0.600. The molecule has 0 fully saturated rings. The Bertz CT molecular complexity index is 885. The van der Waals surface area contributed by atoms with Crippen LogP contribution in [0.4, 0.5) is 5.69 Å². The van der Waals surface area contributed by atoms with Gasteiger partial charge >= 0.3 is 0 Å². The molecule has 0 aromatic heterocycles. The first-order valence-electron chi connectivity index (χ1n) is 8.21. The Morgan fingerprint density at radius 1 is 1.12 bits per heavy atom. The molecule has 0 aliphatic heterocycles. The summed E-state index contributed by atoms with van der Waals surface area (Å²) in [5.41, 5.74) is 1.19. The SMILES string of the molecule is CCNCCNC(=O)c1ccc(C)c(S(=O)(=O)Nc2cccc(Cl)c2)c1. The fraction of sp³-hybridized carbons (Fsp3) is 0.278. The van der Waals surface area contributed by atoms with Gasteiger partial charge in [-0.15, -0.1) is 0 Å². The number of aryl methyl sites for hydroxylation is 1. The van der Waals surface area contributed by atoms with Crippen LogP contribution >= 0.6 is 11.6 Å². The Balaban J connectivity index is 2.21. The van der Waals surface area contributed by atoms with E-state index in [9.17, 15) is 13.2 Å². The van der Waals surface area contributed by atoms with E-state index in [1.54, 1.807) is 37.3 Å². The molecular formula is C18H22ClN3O3S. The van der Waals surface area contributed by atoms with Gasteiger partial charge in [-0.2, -0.15) is 0 Å². The maximum atomic E-state index is 12.7. The molecular weight excluding hydrogens is 374 g/mol. The van der Waals surface area contributed by atoms with E-state index in [0.717, 1.165) is 6.54 Å². The number of carbonyl (C=O) groups is 1. The van der Waals surface area contributed by atoms with Crippen molar-refractivity contribution in [2.45, 2.75) is 18.7 Å². The molecule has 0 bridgehead atoms. The third-order valence-corrected chi connectivity index (χ3v) is 5.41. The molecule has 26 heavy (non-hydrogen) atoms. The average molecular weight is 396 g/mol. The van der Waals surface area contributed by atoms with Crippen LogP contribution in [0.1, 0.15) is 22.8 Å². The Morgan fingerprint density at radius 2 is 1.88 bits per heavy atom. The van der Waals surface area contributed by atoms with Crippen molar-refractivity contribution in [3.63, 3.8) is 0 Å². The molecule has 8 heteroatoms. The number of amides is 1. The van der Waals surface area contributed by atoms with Gasteiger partial charge in [-0.25, -0.2) is 8.42 Å². The molecule has 0 spiro atoms. The molecule has 140 valence electrons. The van der Waals surface area contributed by atoms with Crippen LogP contribution in [0.3, 0.4) is 0 Å². The monoisotopic (exact) mass is 395 g/mol. The number of benzene rings is 2. The molecule has 6 nitrogen and oxygen atoms in total. The number of likely N-dealkylation sites (N-methyl/N-ethyl adjacent to an activating group) is 1. The summed E-state index contributed by atoms with van der Waals surface area (Å²) in [5, 5.41) is 6.28. The van der Waals surface area contributed by atoms with Crippen molar-refractivity contribution < 1.29 is 13.2 Å². The molecule has 0 unspecified atom stereocenters. The Morgan fingerprint density at radius 3 is 2.58 bits per heavy atom. The van der Waals surface area contributed by atoms with Gasteiger partial charge < -0.3 is 10.6 Å². The van der Waals surface area contributed by atoms with Crippen molar-refractivity contribution >= 4 is 33.2 Å². The lowest BCUT2D eigenvalue weighted by atomic mass is 10.1. The third-order valence-electron chi connectivity index (χ3n) is 3.65. The standard InChI is InChI=1S/C18H22ClN3O3S/c1-3-20-9-10-21-18(23)14-8-7-13(2)17(11-14)26(24,25)22-16-6-4-5-15(19)12-16/h4-8,11-12,20,22H,3,9-10H2,1-2H3,(H,21,23). The fourth-order valence-corrected chi connectivity index (χ4v) is 3.85. The van der Waals surface area contributed by atoms with Gasteiger partial charge in [0.05, 0.1) is 10.6 Å². The Kier molecular flexibility index (Phi) is 7.02. The second kappa shape index (κ2) is 9.02. The number of hydrogen-bond acceptors (Lipinski definition) is 4. The predicted octanol–water partition coefficient (Wildman–Crippen LogP) is 2.79. The first-order valence-corrected chi connectivity index (χ1v) is 10.1. The van der Waals surface area contributed by atoms with Crippen molar-refractivity contribution in [3.8, 4) is 0 Å². The summed E-state index contributed by atoms with van der Waals surface area (Å²) in [5.74, 6) is -0.317. The lowest BCUT2D eigenvalue weighted by Gasteiger charge is -2.12. The molecule has 0 radical (unpaired) electrons. The van der Waals surface area contributed by atoms with Crippen LogP contribution in [0.15, 0.2) is 47.4 Å². The van der Waals surface area contributed by atoms with Crippen LogP contribution in [0.2, 0.25) is 5.02 Å². The third kappa shape index (κ3) is 5.45. The molecule has 0 atom stereocenters. The van der Waals surface area contributed by atoms with E-state index in [4.69, 9.17) is 11.6 Å². The molecule has 1 amide bonds. The second-order valence-corrected chi connectivity index (χ2v) is 7.79. The molecule has 3 N–H and O–H groups in total. The van der Waals surface area contributed by atoms with Gasteiger partial charge in [0.1, 0.15) is 0 Å². The van der Waals surface area contributed by atoms with Crippen LogP contribution in [-0.4, -0.2) is 34.0 Å². The minimum absolute atomic E-state index is 0.0526. The van der Waals surface area contributed by atoms with Gasteiger partial charge in [-0.1, -0.05) is 30.7 Å². The maximum absolute atomic E-state index is 12.7. The first-order chi connectivity index (χ1) is 12.3. The molecule has 2 aromatic carbocycles. The minimum Gasteiger partial charge on any atom is -0.351 e. The zero-order valence-electron chi connectivity index (χ0n) is 14.7. The first kappa shape index (κ1) is 20.2. The second-order valence-electron chi connectivity index (χ2n) is 5.71. The van der Waals surface area contributed by atoms with Crippen LogP contribution in [0, 0.1) is 6.92 Å². The molecule has 2 aromatic rings. The van der Waals surface area contributed by atoms with Gasteiger partial charge in [-0.05, 0) is 49.4 Å². The highest BCUT2D eigenvalue weighted by Gasteiger charge is 2.19. The van der Waals surface area contributed by atoms with Gasteiger partial charge in [0.2, 0.25) is 0 Å². The zero-order valence-corrected chi connectivity index (χ0v) is 16.2. The van der Waals surface area contributed by atoms with Crippen molar-refractivity contribution in [1.82, 2.24) is 10.6 Å². The number of sulfonamides is 1. The van der Waals surface area contributed by atoms with Crippen molar-refractivity contribution in [2.24, 2.45) is 0 Å². The number of carbonyl (C=O) groups excluding carboxylic acids is 1. The van der Waals surface area contributed by atoms with Crippen LogP contribution < -0.4 is 15.4 Å². The van der Waals surface area contributed by atoms with Crippen molar-refractivity contribution in [1.29, 1.82) is 0 Å². The topological polar surface area (TPSA) is 87.3 Å². The minimum atomic E-state index is -3.85. The maximum Gasteiger partial charge on any atom is 0.262 e. The Labute approximate surface area is 159 Å². The summed E-state index contributed by atoms with van der Waals surface area (Å²) in [6.45, 7) is 5.59. The van der Waals surface area contributed by atoms with Crippen LogP contribution in [0.25, 0.3) is 0 Å². The molecule has 0 saturated heterocycles. The number of rotatable bonds is 8. The Hall–Kier alpha value is -2.09. The molecule has 0 aliphatic carbocycles. The van der Waals surface area contributed by atoms with E-state index < -0.39 is 10.0 Å². The van der Waals surface area contributed by atoms with Gasteiger partial charge in [-0.3, -0.25) is 9.52 Å². The highest BCUT2D eigenvalue weighted by Crippen LogP contribution is 2.22. The molecule has 2 rings (SSSR count). The van der Waals surface area contributed by atoms with Crippen molar-refractivity contribution in [2.75, 3.05) is 24.4 Å². The van der Waals surface area contributed by atoms with Gasteiger partial charge in [0, 0.05) is 23.7 Å². The van der Waals surface area contributed by atoms with Crippen LogP contribution in [0.5, 0.6) is 0 Å². The summed E-state index contributed by atoms with van der Waals surface area (Å²) >= 11 is 5.90. The highest BCUT2D eigenvalue weighted by molar-refractivity contribution is 7.92. The van der Waals surface area contributed by atoms with E-state index in [1.165, 1.54) is 12.1 Å². The number of anilines is 1. The normalized spacial score (nSPS) is 11.2. The van der Waals surface area contributed by atoms with E-state index >= 15 is 0 Å². The predicted molar refractivity (Wildman–Crippen MR) is 104 cm³/mol. The zero-order chi connectivity index (χ0) is 19.2. The van der Waals surface area contributed by atoms with E-state index in [2.05, 4.69) is 15.4 Å². The summed E-state index contributed by atoms with van der Waals surface area (Å²) in [6, 6.07) is 11.0. The number of hydrogen-bond donors (Lipinski definition) is 3. The lowest BCUT2D eigenvalue weighted by molar-refractivity contribution is 0.0953. The molecule has 0 aliphatic rings. The summed E-state index contributed by atoms with van der Waals surface area (Å²) in [7, 11) is -3.85. The van der Waals surface area contributed by atoms with E-state index in [-0.39, 0.29) is 10.8 Å². The van der Waals surface area contributed by atoms with E-state index in [1.807, 2.05) is 6.92 Å². The van der Waals surface area contributed by atoms with Gasteiger partial charge in [0.15, 0.2) is 0 Å². The number of halogens is 1. The fourth-order valence-electron chi connectivity index (χ4n) is 2.34. The molecule has 0 saturated carbocycles. The van der Waals surface area contributed by atoms with Crippen LogP contribution in [-0.2, 0) is 10.0 Å². The van der Waals surface area contributed by atoms with E-state index in [0.29, 0.717) is 34.9 Å². The summed E-state index contributed by atoms with van der Waals surface area (Å²) in [6.07, 6.45) is 0.